The van der Waals surface area contributed by atoms with Gasteiger partial charge in [-0.25, -0.2) is 0 Å². The lowest BCUT2D eigenvalue weighted by atomic mass is 9.79. The normalized spacial score (nSPS) is 25.9. The summed E-state index contributed by atoms with van der Waals surface area (Å²) in [6.45, 7) is 0.0211. The third-order valence-corrected chi connectivity index (χ3v) is 2.94. The molecular weight excluding hydrogens is 178 g/mol. The number of hydrogen-bond acceptors (Lipinski definition) is 3. The van der Waals surface area contributed by atoms with Gasteiger partial charge in [-0.1, -0.05) is 6.07 Å². The predicted octanol–water partition coefficient (Wildman–Crippen LogP) is 0.571. The van der Waals surface area contributed by atoms with Crippen molar-refractivity contribution in [3.05, 3.63) is 29.3 Å². The lowest BCUT2D eigenvalue weighted by Gasteiger charge is -2.32. The van der Waals surface area contributed by atoms with Gasteiger partial charge in [-0.2, -0.15) is 0 Å². The summed E-state index contributed by atoms with van der Waals surface area (Å²) in [4.78, 5) is 0. The highest BCUT2D eigenvalue weighted by molar-refractivity contribution is 5.38. The van der Waals surface area contributed by atoms with Crippen LogP contribution in [0.15, 0.2) is 18.2 Å². The molecule has 0 aromatic heterocycles. The number of aryl methyl sites for hydroxylation is 1. The number of aliphatic hydroxyl groups is 1. The smallest absolute Gasteiger partial charge is 0.115 e. The summed E-state index contributed by atoms with van der Waals surface area (Å²) >= 11 is 0. The molecule has 0 heterocycles. The molecule has 0 bridgehead atoms. The van der Waals surface area contributed by atoms with Crippen molar-refractivity contribution >= 4 is 0 Å². The third-order valence-electron chi connectivity index (χ3n) is 2.94. The molecule has 1 atom stereocenters. The summed E-state index contributed by atoms with van der Waals surface area (Å²) in [5.41, 5.74) is 7.83. The van der Waals surface area contributed by atoms with Crippen LogP contribution in [0.4, 0.5) is 0 Å². The van der Waals surface area contributed by atoms with E-state index in [0.717, 1.165) is 24.0 Å². The van der Waals surface area contributed by atoms with Gasteiger partial charge in [0.05, 0.1) is 6.61 Å². The molecule has 0 aliphatic heterocycles. The van der Waals surface area contributed by atoms with Gasteiger partial charge in [-0.3, -0.25) is 0 Å². The van der Waals surface area contributed by atoms with Crippen LogP contribution in [-0.2, 0) is 12.8 Å². The Balaban J connectivity index is 2.31. The van der Waals surface area contributed by atoms with E-state index in [-0.39, 0.29) is 6.61 Å². The SMILES string of the molecule is NC1(CO)CCc2cc(O)ccc2C1. The van der Waals surface area contributed by atoms with Crippen molar-refractivity contribution < 1.29 is 10.2 Å². The highest BCUT2D eigenvalue weighted by atomic mass is 16.3. The number of aliphatic hydroxyl groups excluding tert-OH is 1. The van der Waals surface area contributed by atoms with Crippen LogP contribution in [0.3, 0.4) is 0 Å². The van der Waals surface area contributed by atoms with Crippen LogP contribution in [0.2, 0.25) is 0 Å². The largest absolute Gasteiger partial charge is 0.508 e. The Morgan fingerprint density at radius 1 is 1.36 bits per heavy atom. The first-order valence-corrected chi connectivity index (χ1v) is 4.83. The minimum absolute atomic E-state index is 0.0211. The minimum atomic E-state index is -0.468. The van der Waals surface area contributed by atoms with Crippen molar-refractivity contribution in [3.63, 3.8) is 0 Å². The molecule has 0 radical (unpaired) electrons. The maximum absolute atomic E-state index is 9.29. The number of rotatable bonds is 1. The van der Waals surface area contributed by atoms with Gasteiger partial charge in [-0.15, -0.1) is 0 Å². The van der Waals surface area contributed by atoms with E-state index in [4.69, 9.17) is 10.8 Å². The molecule has 0 fully saturated rings. The highest BCUT2D eigenvalue weighted by Gasteiger charge is 2.29. The Hall–Kier alpha value is -1.06. The average Bonchev–Trinajstić information content (AvgIpc) is 2.19. The van der Waals surface area contributed by atoms with E-state index in [9.17, 15) is 5.11 Å². The van der Waals surface area contributed by atoms with E-state index in [1.165, 1.54) is 0 Å². The number of fused-ring (bicyclic) bond motifs is 1. The van der Waals surface area contributed by atoms with Crippen molar-refractivity contribution in [2.24, 2.45) is 5.73 Å². The molecule has 0 saturated carbocycles. The summed E-state index contributed by atoms with van der Waals surface area (Å²) in [5.74, 6) is 0.303. The molecule has 4 N–H and O–H groups in total. The second kappa shape index (κ2) is 3.26. The first kappa shape index (κ1) is 9.49. The van der Waals surface area contributed by atoms with Crippen molar-refractivity contribution in [3.8, 4) is 5.75 Å². The van der Waals surface area contributed by atoms with Gasteiger partial charge in [-0.05, 0) is 42.5 Å². The van der Waals surface area contributed by atoms with Crippen LogP contribution >= 0.6 is 0 Å². The average molecular weight is 193 g/mol. The van der Waals surface area contributed by atoms with Crippen LogP contribution in [-0.4, -0.2) is 22.4 Å². The van der Waals surface area contributed by atoms with Gasteiger partial charge >= 0.3 is 0 Å². The minimum Gasteiger partial charge on any atom is -0.508 e. The molecule has 3 heteroatoms. The number of phenols is 1. The second-order valence-electron chi connectivity index (χ2n) is 4.15. The number of hydrogen-bond donors (Lipinski definition) is 3. The fraction of sp³-hybridized carbons (Fsp3) is 0.455. The summed E-state index contributed by atoms with van der Waals surface area (Å²) in [7, 11) is 0. The Bertz CT molecular complexity index is 351. The lowest BCUT2D eigenvalue weighted by molar-refractivity contribution is 0.181. The number of benzene rings is 1. The Labute approximate surface area is 83.2 Å². The van der Waals surface area contributed by atoms with Crippen molar-refractivity contribution in [2.75, 3.05) is 6.61 Å². The lowest BCUT2D eigenvalue weighted by Crippen LogP contribution is -2.48. The van der Waals surface area contributed by atoms with Crippen molar-refractivity contribution in [1.29, 1.82) is 0 Å². The standard InChI is InChI=1S/C11H15NO2/c12-11(7-13)4-3-8-5-10(14)2-1-9(8)6-11/h1-2,5,13-14H,3-4,6-7,12H2. The highest BCUT2D eigenvalue weighted by Crippen LogP contribution is 2.29. The maximum Gasteiger partial charge on any atom is 0.115 e. The molecule has 0 amide bonds. The third kappa shape index (κ3) is 1.61. The first-order chi connectivity index (χ1) is 6.63. The van der Waals surface area contributed by atoms with Gasteiger partial charge in [0.2, 0.25) is 0 Å². The summed E-state index contributed by atoms with van der Waals surface area (Å²) in [5, 5.41) is 18.5. The zero-order chi connectivity index (χ0) is 10.2. The number of nitrogens with two attached hydrogens (primary N) is 1. The van der Waals surface area contributed by atoms with Crippen LogP contribution in [0.25, 0.3) is 0 Å². The van der Waals surface area contributed by atoms with Gasteiger partial charge in [0.25, 0.3) is 0 Å². The molecular formula is C11H15NO2. The van der Waals surface area contributed by atoms with Gasteiger partial charge in [0.1, 0.15) is 5.75 Å². The zero-order valence-electron chi connectivity index (χ0n) is 8.03. The fourth-order valence-electron chi connectivity index (χ4n) is 2.00. The molecule has 1 unspecified atom stereocenters. The summed E-state index contributed by atoms with van der Waals surface area (Å²) in [6, 6.07) is 5.34. The van der Waals surface area contributed by atoms with Crippen LogP contribution in [0.5, 0.6) is 5.75 Å². The second-order valence-corrected chi connectivity index (χ2v) is 4.15. The van der Waals surface area contributed by atoms with E-state index >= 15 is 0 Å². The van der Waals surface area contributed by atoms with Gasteiger partial charge in [0.15, 0.2) is 0 Å². The monoisotopic (exact) mass is 193 g/mol. The molecule has 3 nitrogen and oxygen atoms in total. The quantitative estimate of drug-likeness (QED) is 0.611. The van der Waals surface area contributed by atoms with Crippen LogP contribution < -0.4 is 5.73 Å². The van der Waals surface area contributed by atoms with Gasteiger partial charge < -0.3 is 15.9 Å². The number of phenolic OH excluding ortho intramolecular Hbond substituents is 1. The Kier molecular flexibility index (Phi) is 2.21. The Morgan fingerprint density at radius 3 is 2.86 bits per heavy atom. The van der Waals surface area contributed by atoms with Crippen LogP contribution in [0.1, 0.15) is 17.5 Å². The van der Waals surface area contributed by atoms with E-state index in [1.54, 1.807) is 12.1 Å². The molecule has 1 aliphatic rings. The van der Waals surface area contributed by atoms with Crippen LogP contribution in [0, 0.1) is 0 Å². The zero-order valence-corrected chi connectivity index (χ0v) is 8.03. The topological polar surface area (TPSA) is 66.5 Å². The molecule has 76 valence electrons. The molecule has 14 heavy (non-hydrogen) atoms. The summed E-state index contributed by atoms with van der Waals surface area (Å²) < 4.78 is 0. The van der Waals surface area contributed by atoms with Crippen molar-refractivity contribution in [1.82, 2.24) is 0 Å². The number of aromatic hydroxyl groups is 1. The molecule has 1 aliphatic carbocycles. The van der Waals surface area contributed by atoms with E-state index < -0.39 is 5.54 Å². The fourth-order valence-corrected chi connectivity index (χ4v) is 2.00. The molecule has 1 aromatic rings. The van der Waals surface area contributed by atoms with Gasteiger partial charge in [0, 0.05) is 5.54 Å². The Morgan fingerprint density at radius 2 is 2.14 bits per heavy atom. The van der Waals surface area contributed by atoms with E-state index in [2.05, 4.69) is 0 Å². The molecule has 0 saturated heterocycles. The van der Waals surface area contributed by atoms with E-state index in [1.807, 2.05) is 6.07 Å². The predicted molar refractivity (Wildman–Crippen MR) is 54.1 cm³/mol. The maximum atomic E-state index is 9.29. The van der Waals surface area contributed by atoms with Crippen molar-refractivity contribution in [2.45, 2.75) is 24.8 Å². The molecule has 1 aromatic carbocycles. The first-order valence-electron chi connectivity index (χ1n) is 4.83. The molecule has 2 rings (SSSR count). The summed E-state index contributed by atoms with van der Waals surface area (Å²) in [6.07, 6.45) is 2.31. The van der Waals surface area contributed by atoms with E-state index in [0.29, 0.717) is 12.2 Å². The molecule has 0 spiro atoms.